The first kappa shape index (κ1) is 35.1. The molecule has 0 bridgehead atoms. The molecule has 1 saturated heterocycles. The molecule has 3 aromatic carbocycles. The Hall–Kier alpha value is -4.07. The molecule has 1 heterocycles. The normalized spacial score (nSPS) is 13.2. The zero-order valence-corrected chi connectivity index (χ0v) is 26.0. The van der Waals surface area contributed by atoms with E-state index in [1.165, 1.54) is 31.2 Å². The van der Waals surface area contributed by atoms with Crippen molar-refractivity contribution in [1.29, 1.82) is 10.8 Å². The van der Waals surface area contributed by atoms with E-state index in [0.717, 1.165) is 18.2 Å². The van der Waals surface area contributed by atoms with Gasteiger partial charge >= 0.3 is 16.3 Å². The summed E-state index contributed by atoms with van der Waals surface area (Å²) in [6, 6.07) is 15.6. The average molecular weight is 654 g/mol. The first-order valence-electron chi connectivity index (χ1n) is 13.0. The maximum absolute atomic E-state index is 13.7. The molecular weight excluding hydrogens is 619 g/mol. The number of halogens is 2. The van der Waals surface area contributed by atoms with Crippen LogP contribution in [0.2, 0.25) is 0 Å². The Kier molecular flexibility index (Phi) is 12.2. The molecular formula is C28H34Cl2N6O6S. The van der Waals surface area contributed by atoms with Crippen molar-refractivity contribution in [2.24, 2.45) is 5.73 Å². The zero-order chi connectivity index (χ0) is 29.7. The second-order valence-corrected chi connectivity index (χ2v) is 11.0. The van der Waals surface area contributed by atoms with Gasteiger partial charge in [0.2, 0.25) is 0 Å². The maximum atomic E-state index is 13.7. The Balaban J connectivity index is 0.00000323. The fourth-order valence-electron chi connectivity index (χ4n) is 4.50. The van der Waals surface area contributed by atoms with Crippen molar-refractivity contribution in [3.8, 4) is 5.75 Å². The second kappa shape index (κ2) is 14.9. The van der Waals surface area contributed by atoms with Gasteiger partial charge in [-0.05, 0) is 67.1 Å². The van der Waals surface area contributed by atoms with E-state index in [-0.39, 0.29) is 54.6 Å². The van der Waals surface area contributed by atoms with Crippen molar-refractivity contribution in [1.82, 2.24) is 9.62 Å². The maximum Gasteiger partial charge on any atom is 0.422 e. The van der Waals surface area contributed by atoms with Crippen molar-refractivity contribution in [2.75, 3.05) is 24.0 Å². The molecule has 1 fully saturated rings. The molecule has 0 unspecified atom stereocenters. The van der Waals surface area contributed by atoms with Gasteiger partial charge in [-0.2, -0.15) is 12.7 Å². The van der Waals surface area contributed by atoms with E-state index < -0.39 is 22.2 Å². The van der Waals surface area contributed by atoms with Crippen LogP contribution < -0.4 is 19.5 Å². The average Bonchev–Trinajstić information content (AvgIpc) is 2.93. The first-order chi connectivity index (χ1) is 19.5. The van der Waals surface area contributed by atoms with Crippen LogP contribution in [0.3, 0.4) is 0 Å². The molecule has 3 aromatic rings. The van der Waals surface area contributed by atoms with E-state index in [2.05, 4.69) is 0 Å². The monoisotopic (exact) mass is 652 g/mol. The molecule has 2 amide bonds. The number of hydrogen-bond donors (Lipinski definition) is 4. The predicted octanol–water partition coefficient (Wildman–Crippen LogP) is 4.45. The summed E-state index contributed by atoms with van der Waals surface area (Å²) < 4.78 is 39.7. The molecule has 0 aliphatic carbocycles. The van der Waals surface area contributed by atoms with Gasteiger partial charge in [0.05, 0.1) is 18.1 Å². The van der Waals surface area contributed by atoms with Crippen molar-refractivity contribution < 1.29 is 27.5 Å². The number of hydrogen-bond acceptors (Lipinski definition) is 8. The summed E-state index contributed by atoms with van der Waals surface area (Å²) in [7, 11) is -4.73. The number of carbonyl (C=O) groups excluding carboxylic acids is 2. The van der Waals surface area contributed by atoms with Crippen LogP contribution in [0.1, 0.15) is 42.6 Å². The number of carbonyl (C=O) groups is 2. The van der Waals surface area contributed by atoms with Crippen LogP contribution in [-0.2, 0) is 14.9 Å². The van der Waals surface area contributed by atoms with Crippen LogP contribution in [-0.4, -0.2) is 62.8 Å². The number of amides is 2. The van der Waals surface area contributed by atoms with E-state index in [4.69, 9.17) is 26.0 Å². The fraction of sp³-hybridized carbons (Fsp3) is 0.286. The lowest BCUT2D eigenvalue weighted by Crippen LogP contribution is -2.47. The van der Waals surface area contributed by atoms with Crippen LogP contribution >= 0.6 is 24.8 Å². The van der Waals surface area contributed by atoms with Crippen molar-refractivity contribution in [3.05, 3.63) is 71.8 Å². The van der Waals surface area contributed by atoms with E-state index in [1.807, 2.05) is 4.90 Å². The number of nitrogen functional groups attached to an aromatic ring is 1. The van der Waals surface area contributed by atoms with Gasteiger partial charge in [0.1, 0.15) is 17.7 Å². The van der Waals surface area contributed by atoms with Gasteiger partial charge in [0.15, 0.2) is 0 Å². The first-order valence-corrected chi connectivity index (χ1v) is 14.4. The molecule has 1 aliphatic heterocycles. The third kappa shape index (κ3) is 8.49. The van der Waals surface area contributed by atoms with Crippen molar-refractivity contribution >= 4 is 75.2 Å². The number of fused-ring (bicyclic) bond motifs is 1. The molecule has 4 rings (SSSR count). The summed E-state index contributed by atoms with van der Waals surface area (Å²) in [5.41, 5.74) is 6.06. The molecule has 0 radical (unpaired) electrons. The Morgan fingerprint density at radius 3 is 2.12 bits per heavy atom. The summed E-state index contributed by atoms with van der Waals surface area (Å²) >= 11 is 0. The van der Waals surface area contributed by atoms with E-state index >= 15 is 0 Å². The molecule has 0 aromatic heterocycles. The molecule has 15 heteroatoms. The molecule has 0 atom stereocenters. The Morgan fingerprint density at radius 1 is 0.977 bits per heavy atom. The van der Waals surface area contributed by atoms with Gasteiger partial charge in [0, 0.05) is 37.1 Å². The fourth-order valence-corrected chi connectivity index (χ4v) is 5.59. The minimum absolute atomic E-state index is 0. The van der Waals surface area contributed by atoms with Crippen LogP contribution in [0.5, 0.6) is 5.75 Å². The van der Waals surface area contributed by atoms with Gasteiger partial charge < -0.3 is 20.1 Å². The van der Waals surface area contributed by atoms with Crippen molar-refractivity contribution in [2.45, 2.75) is 32.8 Å². The van der Waals surface area contributed by atoms with E-state index in [0.29, 0.717) is 39.9 Å². The lowest BCUT2D eigenvalue weighted by atomic mass is 10.0. The number of ether oxygens (including phenoxy) is 2. The highest BCUT2D eigenvalue weighted by Gasteiger charge is 2.32. The lowest BCUT2D eigenvalue weighted by Gasteiger charge is -2.32. The highest BCUT2D eigenvalue weighted by molar-refractivity contribution is 7.92. The van der Waals surface area contributed by atoms with Gasteiger partial charge in [-0.3, -0.25) is 15.6 Å². The number of piperidine rings is 1. The third-order valence-corrected chi connectivity index (χ3v) is 7.88. The highest BCUT2D eigenvalue weighted by atomic mass is 35.5. The number of nitrogens with zero attached hydrogens (tertiary/aromatic N) is 2. The summed E-state index contributed by atoms with van der Waals surface area (Å²) in [5, 5.41) is 16.8. The minimum Gasteiger partial charge on any atom is -0.490 e. The number of nitrogens with two attached hydrogens (primary N) is 1. The van der Waals surface area contributed by atoms with Crippen molar-refractivity contribution in [3.63, 3.8) is 0 Å². The Morgan fingerprint density at radius 2 is 1.56 bits per heavy atom. The largest absolute Gasteiger partial charge is 0.490 e. The summed E-state index contributed by atoms with van der Waals surface area (Å²) in [5.74, 6) is -0.0607. The van der Waals surface area contributed by atoms with Gasteiger partial charge in [0.25, 0.3) is 5.91 Å². The zero-order valence-electron chi connectivity index (χ0n) is 23.5. The van der Waals surface area contributed by atoms with Crippen LogP contribution in [0.15, 0.2) is 60.7 Å². The summed E-state index contributed by atoms with van der Waals surface area (Å²) in [6.45, 7) is 4.62. The Labute approximate surface area is 262 Å². The smallest absolute Gasteiger partial charge is 0.422 e. The summed E-state index contributed by atoms with van der Waals surface area (Å²) in [6.07, 6.45) is 0.170. The van der Waals surface area contributed by atoms with Crippen LogP contribution in [0.4, 0.5) is 10.5 Å². The molecule has 0 saturated carbocycles. The molecule has 12 nitrogen and oxygen atoms in total. The quantitative estimate of drug-likeness (QED) is 0.203. The van der Waals surface area contributed by atoms with E-state index in [1.54, 1.807) is 48.0 Å². The van der Waals surface area contributed by atoms with Gasteiger partial charge in [-0.1, -0.05) is 18.2 Å². The number of likely N-dealkylation sites (tertiary alicyclic amines) is 1. The minimum atomic E-state index is -4.73. The van der Waals surface area contributed by atoms with E-state index in [9.17, 15) is 18.0 Å². The number of rotatable bonds is 8. The third-order valence-electron chi connectivity index (χ3n) is 6.60. The number of anilines is 1. The number of benzene rings is 3. The highest BCUT2D eigenvalue weighted by Crippen LogP contribution is 2.27. The van der Waals surface area contributed by atoms with Gasteiger partial charge in [-0.25, -0.2) is 9.52 Å². The SMILES string of the molecule is CCOC(=O)NS(=O)(=O)N(C(=O)c1ccc2ccc(C(=N)N)cc2c1)c1ccc(OC2CCN(C(C)=N)CC2)cc1.Cl.Cl. The molecule has 43 heavy (non-hydrogen) atoms. The number of amidine groups is 2. The predicted molar refractivity (Wildman–Crippen MR) is 170 cm³/mol. The lowest BCUT2D eigenvalue weighted by molar-refractivity contribution is 0.100. The molecule has 0 spiro atoms. The second-order valence-electron chi connectivity index (χ2n) is 9.47. The standard InChI is InChI=1S/C28H32N6O6S.2ClH/c1-3-39-28(36)32-41(37,38)34(27(35)21-7-5-19-4-6-20(26(30)31)16-22(19)17-21)23-8-10-24(11-9-23)40-25-12-14-33(15-13-25)18(2)29;;/h4-11,16-17,25,29H,3,12-15H2,1-2H3,(H3,30,31)(H,32,36);2*1H. The van der Waals surface area contributed by atoms with Crippen LogP contribution in [0.25, 0.3) is 10.8 Å². The molecule has 1 aliphatic rings. The van der Waals surface area contributed by atoms with Crippen LogP contribution in [0, 0.1) is 10.8 Å². The summed E-state index contributed by atoms with van der Waals surface area (Å²) in [4.78, 5) is 27.7. The molecule has 232 valence electrons. The number of nitrogens with one attached hydrogen (secondary N) is 3. The van der Waals surface area contributed by atoms with Gasteiger partial charge in [-0.15, -0.1) is 24.8 Å². The Bertz CT molecular complexity index is 1600. The molecule has 5 N–H and O–H groups in total. The topological polar surface area (TPSA) is 179 Å².